The molecule has 72 valence electrons. The predicted octanol–water partition coefficient (Wildman–Crippen LogP) is 0.291. The first-order chi connectivity index (χ1) is 6.15. The fraction of sp³-hybridized carbons (Fsp3) is 0.429. The van der Waals surface area contributed by atoms with Crippen molar-refractivity contribution in [1.29, 1.82) is 5.41 Å². The third kappa shape index (κ3) is 2.46. The minimum absolute atomic E-state index is 0.246. The number of hydrogen-bond acceptors (Lipinski definition) is 5. The van der Waals surface area contributed by atoms with Gasteiger partial charge in [0.2, 0.25) is 0 Å². The number of amidine groups is 1. The van der Waals surface area contributed by atoms with Crippen molar-refractivity contribution in [2.24, 2.45) is 5.84 Å². The van der Waals surface area contributed by atoms with Gasteiger partial charge in [0.05, 0.1) is 12.3 Å². The number of hydrazine groups is 1. The molecule has 0 amide bonds. The number of thioether (sulfide) groups is 1. The van der Waals surface area contributed by atoms with Gasteiger partial charge in [-0.3, -0.25) is 10.4 Å². The molecule has 0 aromatic rings. The van der Waals surface area contributed by atoms with Crippen LogP contribution in [0, 0.1) is 5.41 Å². The van der Waals surface area contributed by atoms with Crippen molar-refractivity contribution >= 4 is 22.9 Å². The standard InChI is InChI=1S/C7H11N3O2S/c1-2-12-6(11)3-5-4-13-7(8)10(5)9/h3,8H,2,4,9H2,1H3/b5-3-,8-7?. The lowest BCUT2D eigenvalue weighted by molar-refractivity contribution is -0.137. The maximum Gasteiger partial charge on any atom is 0.332 e. The van der Waals surface area contributed by atoms with Crippen LogP contribution in [0.2, 0.25) is 0 Å². The van der Waals surface area contributed by atoms with Crippen molar-refractivity contribution in [3.05, 3.63) is 11.8 Å². The highest BCUT2D eigenvalue weighted by Gasteiger charge is 2.21. The summed E-state index contributed by atoms with van der Waals surface area (Å²) in [5, 5.41) is 8.73. The Hall–Kier alpha value is -1.01. The van der Waals surface area contributed by atoms with Crippen LogP contribution < -0.4 is 5.84 Å². The lowest BCUT2D eigenvalue weighted by atomic mass is 10.4. The summed E-state index contributed by atoms with van der Waals surface area (Å²) in [6, 6.07) is 0. The fourth-order valence-corrected chi connectivity index (χ4v) is 1.61. The molecule has 0 bridgehead atoms. The molecule has 1 saturated heterocycles. The number of rotatable bonds is 2. The van der Waals surface area contributed by atoms with Crippen LogP contribution in [0.4, 0.5) is 0 Å². The van der Waals surface area contributed by atoms with E-state index in [1.165, 1.54) is 22.8 Å². The summed E-state index contributed by atoms with van der Waals surface area (Å²) in [6.07, 6.45) is 1.32. The van der Waals surface area contributed by atoms with Gasteiger partial charge in [-0.25, -0.2) is 10.6 Å². The van der Waals surface area contributed by atoms with E-state index in [-0.39, 0.29) is 5.17 Å². The van der Waals surface area contributed by atoms with Gasteiger partial charge in [0, 0.05) is 11.8 Å². The van der Waals surface area contributed by atoms with E-state index >= 15 is 0 Å². The third-order valence-electron chi connectivity index (χ3n) is 1.46. The van der Waals surface area contributed by atoms with Gasteiger partial charge in [-0.05, 0) is 6.92 Å². The molecule has 6 heteroatoms. The number of nitrogens with one attached hydrogen (secondary N) is 1. The molecule has 13 heavy (non-hydrogen) atoms. The molecule has 0 aliphatic carbocycles. The summed E-state index contributed by atoms with van der Waals surface area (Å²) >= 11 is 1.28. The molecule has 0 spiro atoms. The zero-order valence-electron chi connectivity index (χ0n) is 7.24. The fourth-order valence-electron chi connectivity index (χ4n) is 0.843. The van der Waals surface area contributed by atoms with Crippen LogP contribution >= 0.6 is 11.8 Å². The average Bonchev–Trinajstić information content (AvgIpc) is 2.37. The van der Waals surface area contributed by atoms with E-state index in [1.54, 1.807) is 6.92 Å². The van der Waals surface area contributed by atoms with Crippen molar-refractivity contribution in [2.45, 2.75) is 6.92 Å². The number of nitrogens with two attached hydrogens (primary N) is 1. The average molecular weight is 201 g/mol. The van der Waals surface area contributed by atoms with Crippen molar-refractivity contribution in [2.75, 3.05) is 12.4 Å². The molecule has 0 radical (unpaired) electrons. The number of carbonyl (C=O) groups is 1. The third-order valence-corrected chi connectivity index (χ3v) is 2.37. The topological polar surface area (TPSA) is 79.4 Å². The van der Waals surface area contributed by atoms with Gasteiger partial charge in [-0.15, -0.1) is 0 Å². The van der Waals surface area contributed by atoms with E-state index in [0.717, 1.165) is 0 Å². The highest BCUT2D eigenvalue weighted by Crippen LogP contribution is 2.22. The van der Waals surface area contributed by atoms with Crippen LogP contribution in [0.25, 0.3) is 0 Å². The highest BCUT2D eigenvalue weighted by molar-refractivity contribution is 8.14. The highest BCUT2D eigenvalue weighted by atomic mass is 32.2. The molecule has 5 nitrogen and oxygen atoms in total. The van der Waals surface area contributed by atoms with Gasteiger partial charge in [0.15, 0.2) is 5.17 Å². The first-order valence-electron chi connectivity index (χ1n) is 3.78. The molecule has 3 N–H and O–H groups in total. The minimum atomic E-state index is -0.414. The Labute approximate surface area is 80.4 Å². The molecule has 0 aromatic heterocycles. The van der Waals surface area contributed by atoms with Crippen molar-refractivity contribution in [3.8, 4) is 0 Å². The van der Waals surface area contributed by atoms with Crippen LogP contribution in [0.5, 0.6) is 0 Å². The van der Waals surface area contributed by atoms with Gasteiger partial charge in [-0.1, -0.05) is 11.8 Å². The first-order valence-corrected chi connectivity index (χ1v) is 4.77. The molecule has 1 aliphatic rings. The molecule has 0 unspecified atom stereocenters. The van der Waals surface area contributed by atoms with E-state index in [0.29, 0.717) is 18.1 Å². The van der Waals surface area contributed by atoms with Crippen LogP contribution in [0.3, 0.4) is 0 Å². The summed E-state index contributed by atoms with van der Waals surface area (Å²) in [5.41, 5.74) is 0.605. The normalized spacial score (nSPS) is 19.7. The number of hydrogen-bond donors (Lipinski definition) is 2. The van der Waals surface area contributed by atoms with Crippen LogP contribution in [0.15, 0.2) is 11.8 Å². The van der Waals surface area contributed by atoms with Crippen molar-refractivity contribution in [3.63, 3.8) is 0 Å². The SMILES string of the molecule is CCOC(=O)/C=C1/CSC(=N)N1N. The summed E-state index contributed by atoms with van der Waals surface area (Å²) in [4.78, 5) is 11.0. The van der Waals surface area contributed by atoms with E-state index in [4.69, 9.17) is 16.0 Å². The maximum absolute atomic E-state index is 11.0. The Morgan fingerprint density at radius 3 is 3.08 bits per heavy atom. The second-order valence-electron chi connectivity index (χ2n) is 2.35. The molecular formula is C7H11N3O2S. The number of esters is 1. The number of nitrogens with zero attached hydrogens (tertiary/aromatic N) is 1. The number of carbonyl (C=O) groups excluding carboxylic acids is 1. The first kappa shape index (κ1) is 10.1. The smallest absolute Gasteiger partial charge is 0.332 e. The monoisotopic (exact) mass is 201 g/mol. The van der Waals surface area contributed by atoms with Crippen LogP contribution in [-0.4, -0.2) is 28.5 Å². The molecule has 0 saturated carbocycles. The molecule has 1 rings (SSSR count). The van der Waals surface area contributed by atoms with Gasteiger partial charge < -0.3 is 4.74 Å². The molecule has 0 atom stereocenters. The largest absolute Gasteiger partial charge is 0.463 e. The quantitative estimate of drug-likeness (QED) is 0.381. The van der Waals surface area contributed by atoms with E-state index in [1.807, 2.05) is 0 Å². The summed E-state index contributed by atoms with van der Waals surface area (Å²) in [6.45, 7) is 2.08. The molecular weight excluding hydrogens is 190 g/mol. The molecule has 1 aliphatic heterocycles. The summed E-state index contributed by atoms with van der Waals surface area (Å²) in [7, 11) is 0. The summed E-state index contributed by atoms with van der Waals surface area (Å²) < 4.78 is 4.71. The van der Waals surface area contributed by atoms with Gasteiger partial charge in [0.1, 0.15) is 0 Å². The zero-order valence-corrected chi connectivity index (χ0v) is 8.06. The van der Waals surface area contributed by atoms with Crippen molar-refractivity contribution < 1.29 is 9.53 Å². The minimum Gasteiger partial charge on any atom is -0.463 e. The predicted molar refractivity (Wildman–Crippen MR) is 50.9 cm³/mol. The molecule has 1 heterocycles. The summed E-state index contributed by atoms with van der Waals surface area (Å²) in [5.74, 6) is 5.61. The van der Waals surface area contributed by atoms with Crippen molar-refractivity contribution in [1.82, 2.24) is 5.01 Å². The zero-order chi connectivity index (χ0) is 9.84. The van der Waals surface area contributed by atoms with E-state index in [9.17, 15) is 4.79 Å². The molecule has 0 aromatic carbocycles. The van der Waals surface area contributed by atoms with E-state index < -0.39 is 5.97 Å². The lowest BCUT2D eigenvalue weighted by Crippen LogP contribution is -2.30. The Balaban J connectivity index is 2.61. The lowest BCUT2D eigenvalue weighted by Gasteiger charge is -2.09. The Morgan fingerprint density at radius 1 is 1.92 bits per heavy atom. The van der Waals surface area contributed by atoms with Gasteiger partial charge >= 0.3 is 5.97 Å². The second kappa shape index (κ2) is 4.29. The van der Waals surface area contributed by atoms with Crippen LogP contribution in [-0.2, 0) is 9.53 Å². The Kier molecular flexibility index (Phi) is 3.32. The number of ether oxygens (including phenoxy) is 1. The molecule has 1 fully saturated rings. The Morgan fingerprint density at radius 2 is 2.62 bits per heavy atom. The van der Waals surface area contributed by atoms with E-state index in [2.05, 4.69) is 0 Å². The van der Waals surface area contributed by atoms with Gasteiger partial charge in [-0.2, -0.15) is 0 Å². The Bertz CT molecular complexity index is 264. The van der Waals surface area contributed by atoms with Gasteiger partial charge in [0.25, 0.3) is 0 Å². The second-order valence-corrected chi connectivity index (χ2v) is 3.32. The van der Waals surface area contributed by atoms with Crippen LogP contribution in [0.1, 0.15) is 6.92 Å². The maximum atomic E-state index is 11.0.